The van der Waals surface area contributed by atoms with Crippen molar-refractivity contribution in [2.24, 2.45) is 0 Å². The lowest BCUT2D eigenvalue weighted by Crippen LogP contribution is -2.42. The van der Waals surface area contributed by atoms with E-state index in [-0.39, 0.29) is 30.9 Å². The molecule has 32 heavy (non-hydrogen) atoms. The van der Waals surface area contributed by atoms with E-state index in [1.807, 2.05) is 19.1 Å². The van der Waals surface area contributed by atoms with E-state index < -0.39 is 5.91 Å². The van der Waals surface area contributed by atoms with Gasteiger partial charge in [0.15, 0.2) is 0 Å². The Morgan fingerprint density at radius 1 is 1.06 bits per heavy atom. The fourth-order valence-electron chi connectivity index (χ4n) is 3.21. The maximum Gasteiger partial charge on any atom is 0.261 e. The van der Waals surface area contributed by atoms with Crippen molar-refractivity contribution in [1.29, 1.82) is 0 Å². The van der Waals surface area contributed by atoms with Crippen LogP contribution in [0.25, 0.3) is 10.9 Å². The van der Waals surface area contributed by atoms with Gasteiger partial charge in [0.1, 0.15) is 11.6 Å². The Bertz CT molecular complexity index is 1190. The van der Waals surface area contributed by atoms with Crippen LogP contribution < -0.4 is 21.1 Å². The first-order chi connectivity index (χ1) is 15.3. The molecule has 0 fully saturated rings. The molecule has 0 aliphatic rings. The van der Waals surface area contributed by atoms with Crippen molar-refractivity contribution in [2.45, 2.75) is 39.7 Å². The number of carbonyl (C=O) groups excluding carboxylic acids is 2. The molecule has 0 radical (unpaired) electrons. The third-order valence-electron chi connectivity index (χ3n) is 4.90. The number of nitrogens with zero attached hydrogens (tertiary/aromatic N) is 2. The van der Waals surface area contributed by atoms with Crippen LogP contribution in [0.4, 0.5) is 0 Å². The van der Waals surface area contributed by atoms with Gasteiger partial charge in [0.2, 0.25) is 11.8 Å². The molecule has 0 atom stereocenters. The summed E-state index contributed by atoms with van der Waals surface area (Å²) in [6.45, 7) is 4.15. The molecule has 0 saturated carbocycles. The number of hydrogen-bond donors (Lipinski definition) is 2. The van der Waals surface area contributed by atoms with Crippen molar-refractivity contribution in [2.75, 3.05) is 6.61 Å². The molecule has 0 aliphatic heterocycles. The molecule has 168 valence electrons. The van der Waals surface area contributed by atoms with Crippen LogP contribution >= 0.6 is 11.6 Å². The van der Waals surface area contributed by atoms with E-state index in [0.29, 0.717) is 34.8 Å². The average Bonchev–Trinajstić information content (AvgIpc) is 2.76. The number of nitrogens with one attached hydrogen (secondary N) is 2. The number of carbonyl (C=O) groups is 2. The molecule has 0 bridgehead atoms. The number of rotatable bonds is 8. The summed E-state index contributed by atoms with van der Waals surface area (Å²) in [7, 11) is 0. The van der Waals surface area contributed by atoms with Gasteiger partial charge in [-0.2, -0.15) is 0 Å². The minimum Gasteiger partial charge on any atom is -0.493 e. The SMILES string of the molecule is Cc1cc(Cl)ccc1OCCCC(=O)NNC(=O)CCn1c(C)nc2ccccc2c1=O. The predicted molar refractivity (Wildman–Crippen MR) is 123 cm³/mol. The molecule has 1 heterocycles. The molecule has 3 aromatic rings. The molecular weight excluding hydrogens is 432 g/mol. The van der Waals surface area contributed by atoms with Crippen LogP contribution in [-0.2, 0) is 16.1 Å². The van der Waals surface area contributed by atoms with Gasteiger partial charge in [-0.05, 0) is 56.2 Å². The normalized spacial score (nSPS) is 10.7. The molecular formula is C23H25ClN4O4. The van der Waals surface area contributed by atoms with E-state index in [1.54, 1.807) is 37.3 Å². The lowest BCUT2D eigenvalue weighted by atomic mass is 10.2. The van der Waals surface area contributed by atoms with Crippen LogP contribution in [0, 0.1) is 13.8 Å². The zero-order valence-electron chi connectivity index (χ0n) is 18.0. The van der Waals surface area contributed by atoms with Crippen molar-refractivity contribution >= 4 is 34.3 Å². The minimum absolute atomic E-state index is 0.0278. The summed E-state index contributed by atoms with van der Waals surface area (Å²) in [6.07, 6.45) is 0.710. The highest BCUT2D eigenvalue weighted by molar-refractivity contribution is 6.30. The molecule has 0 saturated heterocycles. The Balaban J connectivity index is 1.40. The van der Waals surface area contributed by atoms with Crippen molar-refractivity contribution in [3.63, 3.8) is 0 Å². The Morgan fingerprint density at radius 2 is 1.78 bits per heavy atom. The largest absolute Gasteiger partial charge is 0.493 e. The second-order valence-electron chi connectivity index (χ2n) is 7.34. The van der Waals surface area contributed by atoms with Crippen molar-refractivity contribution in [3.05, 3.63) is 69.2 Å². The number of hydrogen-bond acceptors (Lipinski definition) is 5. The van der Waals surface area contributed by atoms with E-state index in [1.165, 1.54) is 4.57 Å². The maximum absolute atomic E-state index is 12.6. The molecule has 8 nitrogen and oxygen atoms in total. The maximum atomic E-state index is 12.6. The number of para-hydroxylation sites is 1. The van der Waals surface area contributed by atoms with E-state index >= 15 is 0 Å². The molecule has 2 N–H and O–H groups in total. The van der Waals surface area contributed by atoms with Gasteiger partial charge in [0.25, 0.3) is 5.56 Å². The van der Waals surface area contributed by atoms with Gasteiger partial charge in [-0.1, -0.05) is 23.7 Å². The van der Waals surface area contributed by atoms with Crippen molar-refractivity contribution in [1.82, 2.24) is 20.4 Å². The summed E-state index contributed by atoms with van der Waals surface area (Å²) in [5, 5.41) is 1.14. The van der Waals surface area contributed by atoms with Crippen LogP contribution in [0.15, 0.2) is 47.3 Å². The minimum atomic E-state index is -0.397. The third-order valence-corrected chi connectivity index (χ3v) is 5.13. The highest BCUT2D eigenvalue weighted by Gasteiger charge is 2.10. The number of benzene rings is 2. The zero-order valence-corrected chi connectivity index (χ0v) is 18.7. The molecule has 2 aromatic carbocycles. The van der Waals surface area contributed by atoms with Crippen LogP contribution in [0.5, 0.6) is 5.75 Å². The molecule has 2 amide bonds. The molecule has 0 aliphatic carbocycles. The molecule has 3 rings (SSSR count). The standard InChI is InChI=1S/C23H25ClN4O4/c1-15-14-17(24)9-10-20(15)32-13-5-8-21(29)26-27-22(30)11-12-28-16(2)25-19-7-4-3-6-18(19)23(28)31/h3-4,6-7,9-10,14H,5,8,11-13H2,1-2H3,(H,26,29)(H,27,30). The van der Waals surface area contributed by atoms with Gasteiger partial charge in [-0.15, -0.1) is 0 Å². The van der Waals surface area contributed by atoms with Gasteiger partial charge < -0.3 is 4.74 Å². The number of aryl methyl sites for hydroxylation is 2. The number of fused-ring (bicyclic) bond motifs is 1. The lowest BCUT2D eigenvalue weighted by molar-refractivity contribution is -0.129. The van der Waals surface area contributed by atoms with Crippen LogP contribution in [0.1, 0.15) is 30.7 Å². The lowest BCUT2D eigenvalue weighted by Gasteiger charge is -2.12. The zero-order chi connectivity index (χ0) is 23.1. The van der Waals surface area contributed by atoms with Crippen molar-refractivity contribution < 1.29 is 14.3 Å². The molecule has 0 unspecified atom stereocenters. The Hall–Kier alpha value is -3.39. The van der Waals surface area contributed by atoms with Gasteiger partial charge >= 0.3 is 0 Å². The van der Waals surface area contributed by atoms with Crippen molar-refractivity contribution in [3.8, 4) is 5.75 Å². The van der Waals surface area contributed by atoms with Gasteiger partial charge in [-0.3, -0.25) is 29.8 Å². The number of amides is 2. The number of halogens is 1. The summed E-state index contributed by atoms with van der Waals surface area (Å²) in [4.78, 5) is 41.0. The quantitative estimate of drug-likeness (QED) is 0.400. The summed E-state index contributed by atoms with van der Waals surface area (Å²) >= 11 is 5.91. The van der Waals surface area contributed by atoms with E-state index in [9.17, 15) is 14.4 Å². The first kappa shape index (κ1) is 23.3. The molecule has 9 heteroatoms. The monoisotopic (exact) mass is 456 g/mol. The second kappa shape index (κ2) is 10.8. The van der Waals surface area contributed by atoms with Gasteiger partial charge in [0, 0.05) is 24.4 Å². The van der Waals surface area contributed by atoms with Crippen LogP contribution in [0.3, 0.4) is 0 Å². The summed E-state index contributed by atoms with van der Waals surface area (Å²) in [5.41, 5.74) is 6.10. The molecule has 0 spiro atoms. The van der Waals surface area contributed by atoms with E-state index in [4.69, 9.17) is 16.3 Å². The van der Waals surface area contributed by atoms with Gasteiger partial charge in [0.05, 0.1) is 17.5 Å². The fourth-order valence-corrected chi connectivity index (χ4v) is 3.44. The fraction of sp³-hybridized carbons (Fsp3) is 0.304. The summed E-state index contributed by atoms with van der Waals surface area (Å²) in [5.74, 6) is 0.527. The number of ether oxygens (including phenoxy) is 1. The predicted octanol–water partition coefficient (Wildman–Crippen LogP) is 3.06. The summed E-state index contributed by atoms with van der Waals surface area (Å²) < 4.78 is 7.10. The second-order valence-corrected chi connectivity index (χ2v) is 7.78. The summed E-state index contributed by atoms with van der Waals surface area (Å²) in [6, 6.07) is 12.4. The molecule has 1 aromatic heterocycles. The van der Waals surface area contributed by atoms with Crippen LogP contribution in [0.2, 0.25) is 5.02 Å². The van der Waals surface area contributed by atoms with E-state index in [2.05, 4.69) is 15.8 Å². The Morgan fingerprint density at radius 3 is 2.53 bits per heavy atom. The van der Waals surface area contributed by atoms with Crippen LogP contribution in [-0.4, -0.2) is 28.0 Å². The first-order valence-corrected chi connectivity index (χ1v) is 10.7. The topological polar surface area (TPSA) is 102 Å². The Labute approximate surface area is 190 Å². The highest BCUT2D eigenvalue weighted by atomic mass is 35.5. The Kier molecular flexibility index (Phi) is 7.83. The highest BCUT2D eigenvalue weighted by Crippen LogP contribution is 2.21. The van der Waals surface area contributed by atoms with Gasteiger partial charge in [-0.25, -0.2) is 4.98 Å². The average molecular weight is 457 g/mol. The smallest absolute Gasteiger partial charge is 0.261 e. The first-order valence-electron chi connectivity index (χ1n) is 10.3. The van der Waals surface area contributed by atoms with E-state index in [0.717, 1.165) is 11.3 Å². The number of aromatic nitrogens is 2. The number of hydrazine groups is 1. The third kappa shape index (κ3) is 6.07.